The van der Waals surface area contributed by atoms with Crippen molar-refractivity contribution < 1.29 is 4.79 Å². The van der Waals surface area contributed by atoms with Crippen molar-refractivity contribution in [2.45, 2.75) is 64.7 Å². The van der Waals surface area contributed by atoms with Crippen LogP contribution in [0.3, 0.4) is 0 Å². The summed E-state index contributed by atoms with van der Waals surface area (Å²) >= 11 is 0. The highest BCUT2D eigenvalue weighted by Crippen LogP contribution is 2.61. The predicted octanol–water partition coefficient (Wildman–Crippen LogP) is 4.83. The minimum atomic E-state index is 0.397. The van der Waals surface area contributed by atoms with Crippen LogP contribution in [0.4, 0.5) is 0 Å². The highest BCUT2D eigenvalue weighted by Gasteiger charge is 2.51. The maximum Gasteiger partial charge on any atom is 0.141 e. The number of allylic oxidation sites excluding steroid dienone is 3. The van der Waals surface area contributed by atoms with Gasteiger partial charge in [-0.15, -0.1) is 0 Å². The molecule has 0 heterocycles. The summed E-state index contributed by atoms with van der Waals surface area (Å²) in [7, 11) is 0. The molecule has 20 heavy (non-hydrogen) atoms. The van der Waals surface area contributed by atoms with Gasteiger partial charge in [0.1, 0.15) is 5.78 Å². The number of hydrogen-bond donors (Lipinski definition) is 0. The first kappa shape index (κ1) is 12.9. The Morgan fingerprint density at radius 2 is 2.00 bits per heavy atom. The number of carbonyl (C=O) groups excluding carboxylic acids is 1. The molecule has 0 N–H and O–H groups in total. The van der Waals surface area contributed by atoms with Gasteiger partial charge in [0.15, 0.2) is 0 Å². The number of Topliss-reactive ketones (excluding diaryl/α,β-unsaturated/α-hetero) is 1. The average Bonchev–Trinajstić information content (AvgIpc) is 2.79. The van der Waals surface area contributed by atoms with Gasteiger partial charge < -0.3 is 0 Å². The number of fused-ring (bicyclic) bond motifs is 4. The van der Waals surface area contributed by atoms with E-state index < -0.39 is 0 Å². The number of ketones is 1. The number of carbonyl (C=O) groups is 1. The van der Waals surface area contributed by atoms with Gasteiger partial charge >= 0.3 is 0 Å². The second-order valence-electron chi connectivity index (χ2n) is 8.01. The van der Waals surface area contributed by atoms with Gasteiger partial charge in [0.25, 0.3) is 0 Å². The Morgan fingerprint density at radius 1 is 1.15 bits per heavy atom. The molecule has 0 unspecified atom stereocenters. The Bertz CT molecular complexity index is 512. The molecule has 0 saturated heterocycles. The predicted molar refractivity (Wildman–Crippen MR) is 81.3 cm³/mol. The SMILES string of the molecule is C=C1CC(=O)CC2=C1[C@H]1CC[C@]3(C)CCC[C@H]3[C@@H]1CC2. The van der Waals surface area contributed by atoms with E-state index in [9.17, 15) is 4.79 Å². The normalized spacial score (nSPS) is 44.1. The largest absolute Gasteiger partial charge is 0.299 e. The molecule has 0 aliphatic heterocycles. The van der Waals surface area contributed by atoms with Gasteiger partial charge in [-0.25, -0.2) is 0 Å². The second-order valence-corrected chi connectivity index (χ2v) is 8.01. The Kier molecular flexibility index (Phi) is 2.78. The summed E-state index contributed by atoms with van der Waals surface area (Å²) < 4.78 is 0. The zero-order chi connectivity index (χ0) is 13.9. The fraction of sp³-hybridized carbons (Fsp3) is 0.737. The first-order chi connectivity index (χ1) is 9.58. The molecular weight excluding hydrogens is 244 g/mol. The molecule has 2 saturated carbocycles. The molecule has 4 aliphatic rings. The van der Waals surface area contributed by atoms with Crippen molar-refractivity contribution in [3.8, 4) is 0 Å². The first-order valence-electron chi connectivity index (χ1n) is 8.50. The van der Waals surface area contributed by atoms with Crippen LogP contribution >= 0.6 is 0 Å². The van der Waals surface area contributed by atoms with E-state index in [1.54, 1.807) is 5.57 Å². The van der Waals surface area contributed by atoms with Crippen molar-refractivity contribution in [3.63, 3.8) is 0 Å². The van der Waals surface area contributed by atoms with Crippen molar-refractivity contribution in [2.75, 3.05) is 0 Å². The maximum absolute atomic E-state index is 11.8. The van der Waals surface area contributed by atoms with Crippen molar-refractivity contribution >= 4 is 5.78 Å². The Hall–Kier alpha value is -0.850. The standard InChI is InChI=1S/C19H26O/c1-12-10-14(20)11-13-5-6-15-16(18(12)13)7-9-19(2)8-3-4-17(15)19/h15-17H,1,3-11H2,2H3/t15-,16+,17+,19+/m1/s1. The highest BCUT2D eigenvalue weighted by molar-refractivity contribution is 5.86. The molecule has 0 aromatic carbocycles. The van der Waals surface area contributed by atoms with Gasteiger partial charge in [0, 0.05) is 12.8 Å². The molecule has 0 radical (unpaired) electrons. The summed E-state index contributed by atoms with van der Waals surface area (Å²) in [5, 5.41) is 0. The van der Waals surface area contributed by atoms with E-state index in [-0.39, 0.29) is 0 Å². The average molecular weight is 270 g/mol. The van der Waals surface area contributed by atoms with Gasteiger partial charge in [0.05, 0.1) is 0 Å². The summed E-state index contributed by atoms with van der Waals surface area (Å²) in [6.45, 7) is 6.81. The third-order valence-corrected chi connectivity index (χ3v) is 6.95. The smallest absolute Gasteiger partial charge is 0.141 e. The van der Waals surface area contributed by atoms with Crippen LogP contribution in [0.5, 0.6) is 0 Å². The van der Waals surface area contributed by atoms with E-state index in [0.29, 0.717) is 17.6 Å². The van der Waals surface area contributed by atoms with Crippen LogP contribution in [0.15, 0.2) is 23.3 Å². The fourth-order valence-electron chi connectivity index (χ4n) is 6.11. The molecule has 0 aromatic heterocycles. The molecule has 0 amide bonds. The van der Waals surface area contributed by atoms with Crippen LogP contribution in [0.2, 0.25) is 0 Å². The molecule has 2 fully saturated rings. The third kappa shape index (κ3) is 1.71. The Morgan fingerprint density at radius 3 is 2.85 bits per heavy atom. The maximum atomic E-state index is 11.8. The minimum absolute atomic E-state index is 0.397. The summed E-state index contributed by atoms with van der Waals surface area (Å²) in [4.78, 5) is 11.8. The summed E-state index contributed by atoms with van der Waals surface area (Å²) in [6, 6.07) is 0. The van der Waals surface area contributed by atoms with E-state index in [1.807, 2.05) is 0 Å². The quantitative estimate of drug-likeness (QED) is 0.616. The third-order valence-electron chi connectivity index (χ3n) is 6.95. The molecule has 4 atom stereocenters. The molecular formula is C19H26O. The Labute approximate surface area is 122 Å². The lowest BCUT2D eigenvalue weighted by Crippen LogP contribution is -2.41. The molecule has 0 aromatic rings. The van der Waals surface area contributed by atoms with E-state index in [4.69, 9.17) is 0 Å². The molecule has 108 valence electrons. The molecule has 1 heteroatoms. The van der Waals surface area contributed by atoms with Crippen molar-refractivity contribution in [1.29, 1.82) is 0 Å². The van der Waals surface area contributed by atoms with Crippen LogP contribution in [0.25, 0.3) is 0 Å². The number of hydrogen-bond acceptors (Lipinski definition) is 1. The summed E-state index contributed by atoms with van der Waals surface area (Å²) in [6.07, 6.45) is 11.0. The summed E-state index contributed by atoms with van der Waals surface area (Å²) in [5.41, 5.74) is 4.84. The van der Waals surface area contributed by atoms with Gasteiger partial charge in [-0.3, -0.25) is 4.79 Å². The van der Waals surface area contributed by atoms with Crippen LogP contribution in [0.1, 0.15) is 64.7 Å². The van der Waals surface area contributed by atoms with Crippen LogP contribution in [-0.2, 0) is 4.79 Å². The zero-order valence-electron chi connectivity index (χ0n) is 12.7. The summed E-state index contributed by atoms with van der Waals surface area (Å²) in [5.74, 6) is 2.98. The first-order valence-corrected chi connectivity index (χ1v) is 8.50. The van der Waals surface area contributed by atoms with Gasteiger partial charge in [-0.05, 0) is 72.8 Å². The molecule has 0 bridgehead atoms. The van der Waals surface area contributed by atoms with Crippen LogP contribution in [-0.4, -0.2) is 5.78 Å². The van der Waals surface area contributed by atoms with E-state index in [0.717, 1.165) is 24.2 Å². The molecule has 4 aliphatic carbocycles. The van der Waals surface area contributed by atoms with Crippen molar-refractivity contribution in [2.24, 2.45) is 23.2 Å². The lowest BCUT2D eigenvalue weighted by atomic mass is 9.54. The molecule has 0 spiro atoms. The monoisotopic (exact) mass is 270 g/mol. The zero-order valence-corrected chi connectivity index (χ0v) is 12.7. The lowest BCUT2D eigenvalue weighted by molar-refractivity contribution is -0.118. The van der Waals surface area contributed by atoms with Gasteiger partial charge in [-0.2, -0.15) is 0 Å². The highest BCUT2D eigenvalue weighted by atomic mass is 16.1. The van der Waals surface area contributed by atoms with Crippen molar-refractivity contribution in [3.05, 3.63) is 23.3 Å². The second kappa shape index (κ2) is 4.32. The van der Waals surface area contributed by atoms with Crippen LogP contribution in [0, 0.1) is 23.2 Å². The van der Waals surface area contributed by atoms with E-state index >= 15 is 0 Å². The van der Waals surface area contributed by atoms with Gasteiger partial charge in [0.2, 0.25) is 0 Å². The Balaban J connectivity index is 1.70. The minimum Gasteiger partial charge on any atom is -0.299 e. The molecule has 4 rings (SSSR count). The topological polar surface area (TPSA) is 17.1 Å². The van der Waals surface area contributed by atoms with Crippen LogP contribution < -0.4 is 0 Å². The molecule has 1 nitrogen and oxygen atoms in total. The number of rotatable bonds is 0. The van der Waals surface area contributed by atoms with Crippen molar-refractivity contribution in [1.82, 2.24) is 0 Å². The lowest BCUT2D eigenvalue weighted by Gasteiger charge is -2.50. The fourth-order valence-corrected chi connectivity index (χ4v) is 6.11. The van der Waals surface area contributed by atoms with E-state index in [1.165, 1.54) is 56.1 Å². The van der Waals surface area contributed by atoms with E-state index in [2.05, 4.69) is 13.5 Å². The van der Waals surface area contributed by atoms with Gasteiger partial charge in [-0.1, -0.05) is 25.5 Å².